The van der Waals surface area contributed by atoms with Crippen LogP contribution in [0.5, 0.6) is 5.75 Å². The Kier molecular flexibility index (Phi) is 3.47. The van der Waals surface area contributed by atoms with Crippen molar-refractivity contribution in [3.05, 3.63) is 28.8 Å². The molecule has 0 saturated carbocycles. The summed E-state index contributed by atoms with van der Waals surface area (Å²) in [5.74, 6) is 0.262. The summed E-state index contributed by atoms with van der Waals surface area (Å²) >= 11 is 5.77. The van der Waals surface area contributed by atoms with Crippen LogP contribution in [0.3, 0.4) is 0 Å². The smallest absolute Gasteiger partial charge is 0.416 e. The maximum Gasteiger partial charge on any atom is 0.416 e. The highest BCUT2D eigenvalue weighted by molar-refractivity contribution is 6.32. The molecule has 0 aromatic heterocycles. The van der Waals surface area contributed by atoms with E-state index in [1.165, 1.54) is 6.07 Å². The minimum atomic E-state index is -4.39. The molecule has 1 aromatic carbocycles. The molecule has 0 unspecified atom stereocenters. The molecule has 1 fully saturated rings. The molecule has 2 rings (SSSR count). The fourth-order valence-corrected chi connectivity index (χ4v) is 1.82. The second-order valence-electron chi connectivity index (χ2n) is 4.74. The zero-order valence-corrected chi connectivity index (χ0v) is 10.4. The molecule has 0 aliphatic carbocycles. The van der Waals surface area contributed by atoms with Gasteiger partial charge in [-0.05, 0) is 18.2 Å². The first-order valence-electron chi connectivity index (χ1n) is 5.37. The first-order chi connectivity index (χ1) is 8.30. The Morgan fingerprint density at radius 1 is 1.39 bits per heavy atom. The number of rotatable bonds is 3. The molecule has 100 valence electrons. The first-order valence-corrected chi connectivity index (χ1v) is 5.75. The highest BCUT2D eigenvalue weighted by Crippen LogP contribution is 2.35. The first kappa shape index (κ1) is 13.5. The quantitative estimate of drug-likeness (QED) is 0.839. The second-order valence-corrected chi connectivity index (χ2v) is 5.14. The molecular weight excluding hydrogens is 269 g/mol. The lowest BCUT2D eigenvalue weighted by Gasteiger charge is -2.37. The summed E-state index contributed by atoms with van der Waals surface area (Å²) in [7, 11) is 0. The highest BCUT2D eigenvalue weighted by atomic mass is 35.5. The summed E-state index contributed by atoms with van der Waals surface area (Å²) in [5.41, 5.74) is -0.857. The molecule has 6 heteroatoms. The fourth-order valence-electron chi connectivity index (χ4n) is 1.58. The normalized spacial score (nSPS) is 18.3. The second kappa shape index (κ2) is 4.63. The van der Waals surface area contributed by atoms with Gasteiger partial charge in [0.1, 0.15) is 5.75 Å². The van der Waals surface area contributed by atoms with Crippen molar-refractivity contribution >= 4 is 11.6 Å². The summed E-state index contributed by atoms with van der Waals surface area (Å²) in [6, 6.07) is 3.07. The third-order valence-electron chi connectivity index (χ3n) is 2.74. The Morgan fingerprint density at radius 3 is 2.50 bits per heavy atom. The Morgan fingerprint density at radius 2 is 2.06 bits per heavy atom. The molecule has 1 saturated heterocycles. The molecule has 0 bridgehead atoms. The molecule has 2 nitrogen and oxygen atoms in total. The van der Waals surface area contributed by atoms with E-state index in [1.807, 2.05) is 6.92 Å². The number of benzene rings is 1. The van der Waals surface area contributed by atoms with Crippen LogP contribution in [0, 0.1) is 5.41 Å². The van der Waals surface area contributed by atoms with Gasteiger partial charge in [0.05, 0.1) is 30.4 Å². The number of hydrogen-bond donors (Lipinski definition) is 0. The van der Waals surface area contributed by atoms with Crippen LogP contribution in [0.1, 0.15) is 12.5 Å². The maximum atomic E-state index is 12.4. The molecule has 0 N–H and O–H groups in total. The highest BCUT2D eigenvalue weighted by Gasteiger charge is 2.35. The molecule has 1 aromatic rings. The van der Waals surface area contributed by atoms with Crippen LogP contribution in [0.4, 0.5) is 13.2 Å². The van der Waals surface area contributed by atoms with E-state index in [-0.39, 0.29) is 16.2 Å². The van der Waals surface area contributed by atoms with Gasteiger partial charge in [0, 0.05) is 5.41 Å². The van der Waals surface area contributed by atoms with Gasteiger partial charge in [-0.15, -0.1) is 0 Å². The van der Waals surface area contributed by atoms with Gasteiger partial charge in [-0.1, -0.05) is 18.5 Å². The third kappa shape index (κ3) is 2.90. The number of alkyl halides is 3. The summed E-state index contributed by atoms with van der Waals surface area (Å²) in [4.78, 5) is 0. The minimum Gasteiger partial charge on any atom is -0.491 e. The molecule has 0 atom stereocenters. The van der Waals surface area contributed by atoms with Gasteiger partial charge in [-0.3, -0.25) is 0 Å². The van der Waals surface area contributed by atoms with Crippen LogP contribution in [0.25, 0.3) is 0 Å². The average Bonchev–Trinajstić information content (AvgIpc) is 2.23. The van der Waals surface area contributed by atoms with Crippen molar-refractivity contribution in [3.8, 4) is 5.75 Å². The lowest BCUT2D eigenvalue weighted by atomic mass is 9.90. The minimum absolute atomic E-state index is 0.0336. The van der Waals surface area contributed by atoms with Crippen LogP contribution >= 0.6 is 11.6 Å². The van der Waals surface area contributed by atoms with E-state index in [4.69, 9.17) is 21.1 Å². The third-order valence-corrected chi connectivity index (χ3v) is 3.03. The topological polar surface area (TPSA) is 18.5 Å². The zero-order chi connectivity index (χ0) is 13.4. The van der Waals surface area contributed by atoms with E-state index < -0.39 is 11.7 Å². The molecule has 1 heterocycles. The van der Waals surface area contributed by atoms with Crippen LogP contribution in [-0.2, 0) is 10.9 Å². The monoisotopic (exact) mass is 280 g/mol. The molecule has 0 amide bonds. The predicted molar refractivity (Wildman–Crippen MR) is 60.9 cm³/mol. The molecule has 0 spiro atoms. The van der Waals surface area contributed by atoms with Gasteiger partial charge in [0.2, 0.25) is 0 Å². The van der Waals surface area contributed by atoms with E-state index in [0.717, 1.165) is 12.1 Å². The molecule has 1 aliphatic rings. The molecule has 0 radical (unpaired) electrons. The van der Waals surface area contributed by atoms with Crippen LogP contribution in [-0.4, -0.2) is 19.8 Å². The van der Waals surface area contributed by atoms with Crippen molar-refractivity contribution in [3.63, 3.8) is 0 Å². The van der Waals surface area contributed by atoms with E-state index in [1.54, 1.807) is 0 Å². The van der Waals surface area contributed by atoms with E-state index >= 15 is 0 Å². The summed E-state index contributed by atoms with van der Waals surface area (Å²) in [6.07, 6.45) is -4.39. The van der Waals surface area contributed by atoms with E-state index in [2.05, 4.69) is 0 Å². The van der Waals surface area contributed by atoms with Crippen molar-refractivity contribution in [1.29, 1.82) is 0 Å². The Labute approximate surface area is 108 Å². The Balaban J connectivity index is 2.06. The average molecular weight is 281 g/mol. The number of ether oxygens (including phenoxy) is 2. The maximum absolute atomic E-state index is 12.4. The summed E-state index contributed by atoms with van der Waals surface area (Å²) in [5, 5.41) is -0.0336. The number of halogens is 4. The van der Waals surface area contributed by atoms with Gasteiger partial charge >= 0.3 is 6.18 Å². The van der Waals surface area contributed by atoms with Crippen molar-refractivity contribution in [1.82, 2.24) is 0 Å². The van der Waals surface area contributed by atoms with E-state index in [0.29, 0.717) is 19.8 Å². The number of hydrogen-bond acceptors (Lipinski definition) is 2. The summed E-state index contributed by atoms with van der Waals surface area (Å²) in [6.45, 7) is 3.53. The van der Waals surface area contributed by atoms with Crippen LogP contribution < -0.4 is 4.74 Å². The van der Waals surface area contributed by atoms with Crippen LogP contribution in [0.2, 0.25) is 5.02 Å². The van der Waals surface area contributed by atoms with Crippen molar-refractivity contribution in [2.75, 3.05) is 19.8 Å². The Hall–Kier alpha value is -0.940. The predicted octanol–water partition coefficient (Wildman–Crippen LogP) is 3.77. The van der Waals surface area contributed by atoms with Gasteiger partial charge in [0.15, 0.2) is 0 Å². The van der Waals surface area contributed by atoms with Gasteiger partial charge in [0.25, 0.3) is 0 Å². The van der Waals surface area contributed by atoms with Crippen molar-refractivity contribution in [2.24, 2.45) is 5.41 Å². The Bertz CT molecular complexity index is 441. The van der Waals surface area contributed by atoms with Gasteiger partial charge < -0.3 is 9.47 Å². The lowest BCUT2D eigenvalue weighted by Crippen LogP contribution is -2.44. The fraction of sp³-hybridized carbons (Fsp3) is 0.500. The van der Waals surface area contributed by atoms with Gasteiger partial charge in [-0.25, -0.2) is 0 Å². The lowest BCUT2D eigenvalue weighted by molar-refractivity contribution is -0.137. The largest absolute Gasteiger partial charge is 0.491 e. The molecular formula is C12H12ClF3O2. The molecule has 1 aliphatic heterocycles. The van der Waals surface area contributed by atoms with Crippen molar-refractivity contribution < 1.29 is 22.6 Å². The summed E-state index contributed by atoms with van der Waals surface area (Å²) < 4.78 is 47.8. The van der Waals surface area contributed by atoms with Crippen molar-refractivity contribution in [2.45, 2.75) is 13.1 Å². The van der Waals surface area contributed by atoms with E-state index in [9.17, 15) is 13.2 Å². The standard InChI is InChI=1S/C12H12ClF3O2/c1-11(5-17-6-11)7-18-10-3-2-8(4-9(10)13)12(14,15)16/h2-4H,5-7H2,1H3. The SMILES string of the molecule is CC1(COc2ccc(C(F)(F)F)cc2Cl)COC1. The van der Waals surface area contributed by atoms with Gasteiger partial charge in [-0.2, -0.15) is 13.2 Å². The van der Waals surface area contributed by atoms with Crippen LogP contribution in [0.15, 0.2) is 18.2 Å². The zero-order valence-electron chi connectivity index (χ0n) is 9.68. The molecule has 18 heavy (non-hydrogen) atoms.